The fraction of sp³-hybridized carbons (Fsp3) is 0.545. The molecule has 1 aromatic heterocycles. The standard InChI is InChI=1S/C11H18FN3/c1-3-15(2)7-6-14-8-10-4-5-13-9-11(10)12/h4-5,9,14H,3,6-8H2,1-2H3. The van der Waals surface area contributed by atoms with Crippen LogP contribution in [-0.4, -0.2) is 36.6 Å². The number of rotatable bonds is 6. The molecule has 3 nitrogen and oxygen atoms in total. The van der Waals surface area contributed by atoms with Crippen molar-refractivity contribution in [1.82, 2.24) is 15.2 Å². The predicted molar refractivity (Wildman–Crippen MR) is 59.1 cm³/mol. The normalized spacial score (nSPS) is 10.9. The maximum atomic E-state index is 13.1. The molecule has 4 heteroatoms. The summed E-state index contributed by atoms with van der Waals surface area (Å²) in [4.78, 5) is 5.91. The highest BCUT2D eigenvalue weighted by Crippen LogP contribution is 2.02. The van der Waals surface area contributed by atoms with Crippen LogP contribution in [0.2, 0.25) is 0 Å². The summed E-state index contributed by atoms with van der Waals surface area (Å²) in [5, 5.41) is 3.20. The molecule has 0 amide bonds. The Morgan fingerprint density at radius 3 is 3.00 bits per heavy atom. The summed E-state index contributed by atoms with van der Waals surface area (Å²) in [6.07, 6.45) is 2.85. The van der Waals surface area contributed by atoms with Crippen LogP contribution in [0.3, 0.4) is 0 Å². The summed E-state index contributed by atoms with van der Waals surface area (Å²) < 4.78 is 13.1. The Morgan fingerprint density at radius 1 is 1.53 bits per heavy atom. The smallest absolute Gasteiger partial charge is 0.145 e. The molecule has 0 radical (unpaired) electrons. The van der Waals surface area contributed by atoms with Gasteiger partial charge in [-0.1, -0.05) is 6.92 Å². The minimum atomic E-state index is -0.242. The van der Waals surface area contributed by atoms with Crippen molar-refractivity contribution in [1.29, 1.82) is 0 Å². The number of hydrogen-bond acceptors (Lipinski definition) is 3. The highest BCUT2D eigenvalue weighted by atomic mass is 19.1. The van der Waals surface area contributed by atoms with E-state index in [1.165, 1.54) is 6.20 Å². The lowest BCUT2D eigenvalue weighted by molar-refractivity contribution is 0.348. The fourth-order valence-electron chi connectivity index (χ4n) is 1.20. The van der Waals surface area contributed by atoms with E-state index in [2.05, 4.69) is 29.2 Å². The largest absolute Gasteiger partial charge is 0.311 e. The Balaban J connectivity index is 2.23. The molecule has 0 atom stereocenters. The van der Waals surface area contributed by atoms with Gasteiger partial charge < -0.3 is 10.2 Å². The number of hydrogen-bond donors (Lipinski definition) is 1. The lowest BCUT2D eigenvalue weighted by atomic mass is 10.2. The van der Waals surface area contributed by atoms with Gasteiger partial charge in [0, 0.05) is 31.4 Å². The van der Waals surface area contributed by atoms with Gasteiger partial charge in [-0.3, -0.25) is 4.98 Å². The minimum Gasteiger partial charge on any atom is -0.311 e. The van der Waals surface area contributed by atoms with Gasteiger partial charge >= 0.3 is 0 Å². The zero-order valence-corrected chi connectivity index (χ0v) is 9.33. The number of likely N-dealkylation sites (N-methyl/N-ethyl adjacent to an activating group) is 1. The van der Waals surface area contributed by atoms with E-state index >= 15 is 0 Å². The first-order chi connectivity index (χ1) is 7.24. The summed E-state index contributed by atoms with van der Waals surface area (Å²) in [7, 11) is 2.06. The molecule has 1 aromatic rings. The molecule has 0 fully saturated rings. The van der Waals surface area contributed by atoms with E-state index < -0.39 is 0 Å². The van der Waals surface area contributed by atoms with Crippen molar-refractivity contribution in [3.8, 4) is 0 Å². The molecule has 1 rings (SSSR count). The highest BCUT2D eigenvalue weighted by molar-refractivity contribution is 5.11. The average Bonchev–Trinajstić information content (AvgIpc) is 2.26. The molecular formula is C11H18FN3. The quantitative estimate of drug-likeness (QED) is 0.718. The molecule has 1 N–H and O–H groups in total. The van der Waals surface area contributed by atoms with Crippen LogP contribution in [0.5, 0.6) is 0 Å². The van der Waals surface area contributed by atoms with Gasteiger partial charge in [0.25, 0.3) is 0 Å². The zero-order chi connectivity index (χ0) is 11.1. The van der Waals surface area contributed by atoms with Gasteiger partial charge in [-0.25, -0.2) is 4.39 Å². The zero-order valence-electron chi connectivity index (χ0n) is 9.33. The van der Waals surface area contributed by atoms with Crippen LogP contribution >= 0.6 is 0 Å². The van der Waals surface area contributed by atoms with Crippen LogP contribution < -0.4 is 5.32 Å². The van der Waals surface area contributed by atoms with Gasteiger partial charge in [0.05, 0.1) is 6.20 Å². The van der Waals surface area contributed by atoms with Crippen LogP contribution in [0.15, 0.2) is 18.5 Å². The van der Waals surface area contributed by atoms with Gasteiger partial charge in [0.15, 0.2) is 0 Å². The topological polar surface area (TPSA) is 28.2 Å². The third-order valence-electron chi connectivity index (χ3n) is 2.38. The molecule has 0 aliphatic rings. The molecule has 84 valence electrons. The van der Waals surface area contributed by atoms with Crippen molar-refractivity contribution < 1.29 is 4.39 Å². The number of nitrogens with zero attached hydrogens (tertiary/aromatic N) is 2. The fourth-order valence-corrected chi connectivity index (χ4v) is 1.20. The summed E-state index contributed by atoms with van der Waals surface area (Å²) >= 11 is 0. The average molecular weight is 211 g/mol. The molecule has 1 heterocycles. The van der Waals surface area contributed by atoms with Crippen LogP contribution in [0.1, 0.15) is 12.5 Å². The van der Waals surface area contributed by atoms with E-state index in [9.17, 15) is 4.39 Å². The second-order valence-electron chi connectivity index (χ2n) is 3.54. The van der Waals surface area contributed by atoms with Crippen molar-refractivity contribution in [2.24, 2.45) is 0 Å². The third kappa shape index (κ3) is 4.36. The lowest BCUT2D eigenvalue weighted by Gasteiger charge is -2.13. The Morgan fingerprint density at radius 2 is 2.33 bits per heavy atom. The minimum absolute atomic E-state index is 0.242. The monoisotopic (exact) mass is 211 g/mol. The van der Waals surface area contributed by atoms with E-state index in [4.69, 9.17) is 0 Å². The molecule has 15 heavy (non-hydrogen) atoms. The second-order valence-corrected chi connectivity index (χ2v) is 3.54. The van der Waals surface area contributed by atoms with E-state index in [0.717, 1.165) is 19.6 Å². The van der Waals surface area contributed by atoms with Crippen LogP contribution in [0.4, 0.5) is 4.39 Å². The number of halogens is 1. The Bertz CT molecular complexity index is 291. The highest BCUT2D eigenvalue weighted by Gasteiger charge is 2.00. The summed E-state index contributed by atoms with van der Waals surface area (Å²) in [5.41, 5.74) is 0.671. The van der Waals surface area contributed by atoms with Gasteiger partial charge in [-0.2, -0.15) is 0 Å². The molecule has 0 unspecified atom stereocenters. The van der Waals surface area contributed by atoms with E-state index in [0.29, 0.717) is 12.1 Å². The summed E-state index contributed by atoms with van der Waals surface area (Å²) in [6.45, 7) is 5.55. The van der Waals surface area contributed by atoms with Crippen molar-refractivity contribution in [3.05, 3.63) is 29.8 Å². The number of aromatic nitrogens is 1. The Hall–Kier alpha value is -1.00. The van der Waals surface area contributed by atoms with Gasteiger partial charge in [-0.05, 0) is 19.7 Å². The maximum Gasteiger partial charge on any atom is 0.145 e. The first kappa shape index (κ1) is 12.1. The second kappa shape index (κ2) is 6.48. The Kier molecular flexibility index (Phi) is 5.21. The third-order valence-corrected chi connectivity index (χ3v) is 2.38. The summed E-state index contributed by atoms with van der Waals surface area (Å²) in [6, 6.07) is 1.70. The van der Waals surface area contributed by atoms with Gasteiger partial charge in [-0.15, -0.1) is 0 Å². The van der Waals surface area contributed by atoms with E-state index in [-0.39, 0.29) is 5.82 Å². The van der Waals surface area contributed by atoms with Crippen LogP contribution in [0.25, 0.3) is 0 Å². The molecule has 0 aliphatic heterocycles. The predicted octanol–water partition coefficient (Wildman–Crippen LogP) is 1.26. The first-order valence-electron chi connectivity index (χ1n) is 5.21. The molecule has 0 saturated heterocycles. The molecular weight excluding hydrogens is 193 g/mol. The SMILES string of the molecule is CCN(C)CCNCc1ccncc1F. The number of nitrogens with one attached hydrogen (secondary N) is 1. The maximum absolute atomic E-state index is 13.1. The molecule has 0 bridgehead atoms. The number of pyridine rings is 1. The molecule has 0 aromatic carbocycles. The molecule has 0 aliphatic carbocycles. The molecule has 0 spiro atoms. The van der Waals surface area contributed by atoms with Crippen molar-refractivity contribution >= 4 is 0 Å². The Labute approximate surface area is 90.3 Å². The van der Waals surface area contributed by atoms with Crippen molar-refractivity contribution in [3.63, 3.8) is 0 Å². The lowest BCUT2D eigenvalue weighted by Crippen LogP contribution is -2.28. The van der Waals surface area contributed by atoms with Crippen molar-refractivity contribution in [2.75, 3.05) is 26.7 Å². The van der Waals surface area contributed by atoms with E-state index in [1.54, 1.807) is 12.3 Å². The first-order valence-corrected chi connectivity index (χ1v) is 5.21. The van der Waals surface area contributed by atoms with E-state index in [1.807, 2.05) is 0 Å². The molecule has 0 saturated carbocycles. The van der Waals surface area contributed by atoms with Gasteiger partial charge in [0.2, 0.25) is 0 Å². The van der Waals surface area contributed by atoms with Crippen LogP contribution in [0, 0.1) is 5.82 Å². The van der Waals surface area contributed by atoms with Crippen LogP contribution in [-0.2, 0) is 6.54 Å². The van der Waals surface area contributed by atoms with Gasteiger partial charge in [0.1, 0.15) is 5.82 Å². The van der Waals surface area contributed by atoms with Crippen molar-refractivity contribution in [2.45, 2.75) is 13.5 Å². The summed E-state index contributed by atoms with van der Waals surface area (Å²) in [5.74, 6) is -0.242.